The van der Waals surface area contributed by atoms with Crippen LogP contribution in [0.2, 0.25) is 0 Å². The van der Waals surface area contributed by atoms with Crippen molar-refractivity contribution < 1.29 is 10.2 Å². The third-order valence-electron chi connectivity index (χ3n) is 3.03. The normalized spacial score (nSPS) is 12.9. The van der Waals surface area contributed by atoms with Gasteiger partial charge in [-0.05, 0) is 12.5 Å². The lowest BCUT2D eigenvalue weighted by molar-refractivity contribution is -0.443. The molecule has 1 unspecified atom stereocenters. The summed E-state index contributed by atoms with van der Waals surface area (Å²) in [6.45, 7) is 6.28. The highest BCUT2D eigenvalue weighted by Crippen LogP contribution is 2.24. The smallest absolute Gasteiger partial charge is 0.277 e. The van der Waals surface area contributed by atoms with Gasteiger partial charge in [-0.3, -0.25) is 0 Å². The first-order valence-corrected chi connectivity index (χ1v) is 7.39. The zero-order chi connectivity index (χ0) is 13.8. The molecule has 0 bridgehead atoms. The van der Waals surface area contributed by atoms with E-state index in [9.17, 15) is 0 Å². The average Bonchev–Trinajstić information content (AvgIpc) is 2.86. The van der Waals surface area contributed by atoms with Gasteiger partial charge in [-0.1, -0.05) is 55.4 Å². The molecule has 4 nitrogen and oxygen atoms in total. The van der Waals surface area contributed by atoms with Crippen molar-refractivity contribution in [1.82, 2.24) is 10.2 Å². The Balaban J connectivity index is 1.95. The predicted octanol–water partition coefficient (Wildman–Crippen LogP) is 2.61. The van der Waals surface area contributed by atoms with E-state index < -0.39 is 0 Å². The number of thioether (sulfide) groups is 1. The van der Waals surface area contributed by atoms with Crippen LogP contribution in [0.3, 0.4) is 0 Å². The summed E-state index contributed by atoms with van der Waals surface area (Å²) >= 11 is 1.56. The molecule has 2 rings (SSSR count). The quantitative estimate of drug-likeness (QED) is 0.854. The average molecular weight is 278 g/mol. The molecular formula is C14H20N3OS+. The van der Waals surface area contributed by atoms with Gasteiger partial charge < -0.3 is 10.2 Å². The Hall–Kier alpha value is -1.33. The van der Waals surface area contributed by atoms with Crippen molar-refractivity contribution in [3.63, 3.8) is 0 Å². The van der Waals surface area contributed by atoms with Gasteiger partial charge in [0.2, 0.25) is 0 Å². The third-order valence-corrected chi connectivity index (χ3v) is 3.92. The Bertz CT molecular complexity index is 522. The fraction of sp³-hybridized carbons (Fsp3) is 0.429. The maximum atomic E-state index is 5.63. The van der Waals surface area contributed by atoms with Gasteiger partial charge in [0.1, 0.15) is 0 Å². The van der Waals surface area contributed by atoms with Gasteiger partial charge >= 0.3 is 0 Å². The van der Waals surface area contributed by atoms with Gasteiger partial charge in [-0.15, -0.1) is 10.2 Å². The Morgan fingerprint density at radius 1 is 1.21 bits per heavy atom. The van der Waals surface area contributed by atoms with Gasteiger partial charge in [-0.25, -0.2) is 0 Å². The van der Waals surface area contributed by atoms with E-state index in [0.29, 0.717) is 17.0 Å². The molecule has 2 aromatic rings. The fourth-order valence-electron chi connectivity index (χ4n) is 1.54. The van der Waals surface area contributed by atoms with Crippen LogP contribution in [0.5, 0.6) is 0 Å². The van der Waals surface area contributed by atoms with E-state index in [0.717, 1.165) is 5.75 Å². The zero-order valence-corrected chi connectivity index (χ0v) is 12.4. The van der Waals surface area contributed by atoms with E-state index in [1.165, 1.54) is 11.1 Å². The third kappa shape index (κ3) is 3.81. The van der Waals surface area contributed by atoms with Gasteiger partial charge in [-0.2, -0.15) is 0 Å². The predicted molar refractivity (Wildman–Crippen MR) is 75.5 cm³/mol. The maximum absolute atomic E-state index is 5.63. The zero-order valence-electron chi connectivity index (χ0n) is 11.6. The second-order valence-corrected chi connectivity index (χ2v) is 5.96. The first-order chi connectivity index (χ1) is 9.06. The van der Waals surface area contributed by atoms with Crippen LogP contribution < -0.4 is 5.73 Å². The molecule has 0 spiro atoms. The highest BCUT2D eigenvalue weighted by atomic mass is 32.2. The molecule has 1 atom stereocenters. The largest absolute Gasteiger partial charge is 0.410 e. The van der Waals surface area contributed by atoms with Crippen LogP contribution in [-0.4, -0.2) is 10.2 Å². The minimum absolute atomic E-state index is 0.0567. The van der Waals surface area contributed by atoms with Crippen molar-refractivity contribution in [2.45, 2.75) is 37.8 Å². The molecule has 0 aliphatic rings. The first kappa shape index (κ1) is 14.1. The highest BCUT2D eigenvalue weighted by Gasteiger charge is 2.21. The van der Waals surface area contributed by atoms with Gasteiger partial charge in [0.05, 0.1) is 0 Å². The molecule has 19 heavy (non-hydrogen) atoms. The van der Waals surface area contributed by atoms with E-state index >= 15 is 0 Å². The maximum Gasteiger partial charge on any atom is 0.277 e. The van der Waals surface area contributed by atoms with E-state index in [-0.39, 0.29) is 6.04 Å². The van der Waals surface area contributed by atoms with E-state index in [2.05, 4.69) is 61.0 Å². The Morgan fingerprint density at radius 2 is 1.89 bits per heavy atom. The molecular weight excluding hydrogens is 258 g/mol. The molecule has 1 heterocycles. The summed E-state index contributed by atoms with van der Waals surface area (Å²) in [5.41, 5.74) is 6.57. The Morgan fingerprint density at radius 3 is 2.53 bits per heavy atom. The van der Waals surface area contributed by atoms with Crippen LogP contribution in [0.15, 0.2) is 33.9 Å². The van der Waals surface area contributed by atoms with Crippen molar-refractivity contribution in [2.75, 3.05) is 0 Å². The number of nitrogens with zero attached hydrogens (tertiary/aromatic N) is 2. The van der Waals surface area contributed by atoms with Crippen molar-refractivity contribution in [1.29, 1.82) is 0 Å². The molecule has 1 aromatic carbocycles. The van der Waals surface area contributed by atoms with E-state index in [1.54, 1.807) is 11.8 Å². The summed E-state index contributed by atoms with van der Waals surface area (Å²) in [4.78, 5) is 0. The summed E-state index contributed by atoms with van der Waals surface area (Å²) in [7, 11) is 0. The molecule has 0 amide bonds. The number of rotatable bonds is 5. The molecule has 102 valence electrons. The van der Waals surface area contributed by atoms with Gasteiger partial charge in [0.25, 0.3) is 11.1 Å². The standard InChI is InChI=1S/C14H19N3OS/c1-9(2)12(15)13-16-17-14(18-13)19-8-11-6-4-10(3)5-7-11/h4-7,9,12H,8,15H2,1-3H3/p+1. The van der Waals surface area contributed by atoms with Crippen LogP contribution in [0.4, 0.5) is 0 Å². The summed E-state index contributed by atoms with van der Waals surface area (Å²) < 4.78 is 5.63. The second-order valence-electron chi connectivity index (χ2n) is 5.03. The molecule has 0 saturated carbocycles. The van der Waals surface area contributed by atoms with Crippen LogP contribution in [0, 0.1) is 12.8 Å². The van der Waals surface area contributed by atoms with Crippen molar-refractivity contribution in [2.24, 2.45) is 5.92 Å². The van der Waals surface area contributed by atoms with Crippen molar-refractivity contribution in [3.05, 3.63) is 41.3 Å². The number of quaternary nitrogens is 1. The highest BCUT2D eigenvalue weighted by molar-refractivity contribution is 7.98. The molecule has 0 fully saturated rings. The molecule has 1 aromatic heterocycles. The van der Waals surface area contributed by atoms with Crippen LogP contribution in [-0.2, 0) is 5.75 Å². The Labute approximate surface area is 117 Å². The number of benzene rings is 1. The summed E-state index contributed by atoms with van der Waals surface area (Å²) in [6.07, 6.45) is 0. The summed E-state index contributed by atoms with van der Waals surface area (Å²) in [6, 6.07) is 8.52. The van der Waals surface area contributed by atoms with Gasteiger partial charge in [0, 0.05) is 11.7 Å². The Kier molecular flexibility index (Phi) is 4.61. The monoisotopic (exact) mass is 278 g/mol. The lowest BCUT2D eigenvalue weighted by Crippen LogP contribution is -2.56. The summed E-state index contributed by atoms with van der Waals surface area (Å²) in [5, 5.41) is 8.74. The topological polar surface area (TPSA) is 66.6 Å². The van der Waals surface area contributed by atoms with Crippen molar-refractivity contribution >= 4 is 11.8 Å². The van der Waals surface area contributed by atoms with Gasteiger partial charge in [0.15, 0.2) is 6.04 Å². The number of aromatic nitrogens is 2. The molecule has 0 saturated heterocycles. The molecule has 5 heteroatoms. The molecule has 0 aliphatic carbocycles. The number of aryl methyl sites for hydroxylation is 1. The SMILES string of the molecule is Cc1ccc(CSc2nnc(C([NH3+])C(C)C)o2)cc1. The van der Waals surface area contributed by atoms with Crippen molar-refractivity contribution in [3.8, 4) is 0 Å². The molecule has 3 N–H and O–H groups in total. The molecule has 0 radical (unpaired) electrons. The minimum atomic E-state index is 0.0567. The molecule has 0 aliphatic heterocycles. The van der Waals surface area contributed by atoms with Crippen LogP contribution >= 0.6 is 11.8 Å². The van der Waals surface area contributed by atoms with Crippen LogP contribution in [0.1, 0.15) is 36.9 Å². The summed E-state index contributed by atoms with van der Waals surface area (Å²) in [5.74, 6) is 1.86. The number of hydrogen-bond donors (Lipinski definition) is 1. The lowest BCUT2D eigenvalue weighted by atomic mass is 10.1. The van der Waals surface area contributed by atoms with E-state index in [4.69, 9.17) is 4.42 Å². The first-order valence-electron chi connectivity index (χ1n) is 6.41. The minimum Gasteiger partial charge on any atom is -0.410 e. The number of hydrogen-bond acceptors (Lipinski definition) is 4. The lowest BCUT2D eigenvalue weighted by Gasteiger charge is -2.05. The van der Waals surface area contributed by atoms with E-state index in [1.807, 2.05) is 0 Å². The fourth-order valence-corrected chi connectivity index (χ4v) is 2.27. The van der Waals surface area contributed by atoms with Crippen LogP contribution in [0.25, 0.3) is 0 Å². The second kappa shape index (κ2) is 6.21.